The molecule has 154 valence electrons. The maximum Gasteiger partial charge on any atom is 0.341 e. The molecule has 0 amide bonds. The van der Waals surface area contributed by atoms with Crippen LogP contribution in [0.2, 0.25) is 0 Å². The highest BCUT2D eigenvalue weighted by atomic mass is 79.9. The van der Waals surface area contributed by atoms with Crippen molar-refractivity contribution in [3.05, 3.63) is 60.3 Å². The number of rotatable bonds is 5. The Bertz CT molecular complexity index is 1420. The highest BCUT2D eigenvalue weighted by Gasteiger charge is 2.14. The van der Waals surface area contributed by atoms with Gasteiger partial charge in [0.2, 0.25) is 0 Å². The quantitative estimate of drug-likeness (QED) is 0.463. The number of hydrogen-bond donors (Lipinski definition) is 1. The number of fused-ring (bicyclic) bond motifs is 3. The number of methoxy groups -OCH3 is 1. The summed E-state index contributed by atoms with van der Waals surface area (Å²) in [5.74, 6) is -0.417. The summed E-state index contributed by atoms with van der Waals surface area (Å²) in [6.45, 7) is 3.55. The van der Waals surface area contributed by atoms with E-state index in [1.54, 1.807) is 22.6 Å². The van der Waals surface area contributed by atoms with Crippen LogP contribution in [0.3, 0.4) is 0 Å². The van der Waals surface area contributed by atoms with Crippen molar-refractivity contribution in [3.63, 3.8) is 0 Å². The third-order valence-corrected chi connectivity index (χ3v) is 6.43. The molecule has 1 N–H and O–H groups in total. The van der Waals surface area contributed by atoms with Crippen molar-refractivity contribution in [2.45, 2.75) is 13.8 Å². The van der Waals surface area contributed by atoms with Crippen LogP contribution in [0.15, 0.2) is 33.5 Å². The van der Waals surface area contributed by atoms with Gasteiger partial charge in [0.25, 0.3) is 5.56 Å². The minimum atomic E-state index is -1.08. The van der Waals surface area contributed by atoms with Crippen LogP contribution in [0.4, 0.5) is 0 Å². The number of carboxylic acid groups (broad SMARTS) is 1. The fourth-order valence-electron chi connectivity index (χ4n) is 3.13. The van der Waals surface area contributed by atoms with Gasteiger partial charge in [-0.2, -0.15) is 0 Å². The number of aromatic nitrogens is 2. The first-order valence-corrected chi connectivity index (χ1v) is 10.6. The first kappa shape index (κ1) is 20.4. The van der Waals surface area contributed by atoms with Crippen molar-refractivity contribution in [1.29, 1.82) is 0 Å². The fraction of sp³-hybridized carbons (Fsp3) is 0.190. The molecule has 0 saturated heterocycles. The zero-order valence-electron chi connectivity index (χ0n) is 16.4. The predicted octanol–water partition coefficient (Wildman–Crippen LogP) is 3.31. The molecular weight excluding hydrogens is 472 g/mol. The Labute approximate surface area is 183 Å². The topological polar surface area (TPSA) is 90.1 Å². The minimum Gasteiger partial charge on any atom is -0.493 e. The van der Waals surface area contributed by atoms with Crippen LogP contribution in [0, 0.1) is 13.8 Å². The lowest BCUT2D eigenvalue weighted by molar-refractivity contribution is -0.139. The summed E-state index contributed by atoms with van der Waals surface area (Å²) in [6.07, 6.45) is 1.75. The van der Waals surface area contributed by atoms with Gasteiger partial charge in [0.05, 0.1) is 22.7 Å². The second-order valence-corrected chi connectivity index (χ2v) is 8.64. The fourth-order valence-corrected chi connectivity index (χ4v) is 4.55. The number of aliphatic carboxylic acids is 1. The molecule has 0 spiro atoms. The number of aryl methyl sites for hydroxylation is 2. The minimum absolute atomic E-state index is 0.141. The Balaban J connectivity index is 1.85. The molecule has 4 aromatic rings. The monoisotopic (exact) mass is 488 g/mol. The summed E-state index contributed by atoms with van der Waals surface area (Å²) in [5.41, 5.74) is 4.39. The number of carboxylic acids is 1. The third kappa shape index (κ3) is 3.54. The zero-order chi connectivity index (χ0) is 21.6. The molecule has 9 heteroatoms. The lowest BCUT2D eigenvalue weighted by Gasteiger charge is -2.11. The molecule has 0 unspecified atom stereocenters. The van der Waals surface area contributed by atoms with Crippen LogP contribution in [0.5, 0.6) is 11.5 Å². The van der Waals surface area contributed by atoms with Crippen LogP contribution in [-0.2, 0) is 4.79 Å². The number of thiazole rings is 1. The van der Waals surface area contributed by atoms with E-state index in [2.05, 4.69) is 20.9 Å². The largest absolute Gasteiger partial charge is 0.493 e. The van der Waals surface area contributed by atoms with Gasteiger partial charge in [-0.05, 0) is 60.9 Å². The standard InChI is InChI=1S/C21H17BrN2O5S/c1-10-4-14-15(5-11(10)2)24-20(27)18(30-21(24)23-14)7-12-6-16(28-3)17(8-13(12)22)29-9-19(25)26/h4-8H,9H2,1-3H3,(H,25,26). The summed E-state index contributed by atoms with van der Waals surface area (Å²) in [4.78, 5) is 29.1. The summed E-state index contributed by atoms with van der Waals surface area (Å²) in [7, 11) is 1.47. The number of hydrogen-bond acceptors (Lipinski definition) is 6. The summed E-state index contributed by atoms with van der Waals surface area (Å²) in [6, 6.07) is 7.29. The van der Waals surface area contributed by atoms with Gasteiger partial charge in [0.15, 0.2) is 23.1 Å². The number of ether oxygens (including phenoxy) is 2. The van der Waals surface area contributed by atoms with Gasteiger partial charge < -0.3 is 14.6 Å². The van der Waals surface area contributed by atoms with E-state index in [9.17, 15) is 9.59 Å². The van der Waals surface area contributed by atoms with E-state index < -0.39 is 12.6 Å². The van der Waals surface area contributed by atoms with Crippen LogP contribution >= 0.6 is 27.3 Å². The normalized spacial score (nSPS) is 12.1. The lowest BCUT2D eigenvalue weighted by atomic mass is 10.1. The Morgan fingerprint density at radius 1 is 1.23 bits per heavy atom. The Kier molecular flexibility index (Phi) is 5.25. The molecule has 0 fully saturated rings. The molecule has 0 aliphatic heterocycles. The maximum atomic E-state index is 13.1. The van der Waals surface area contributed by atoms with Gasteiger partial charge in [-0.15, -0.1) is 0 Å². The molecular formula is C21H17BrN2O5S. The van der Waals surface area contributed by atoms with Crippen LogP contribution < -0.4 is 19.6 Å². The average molecular weight is 489 g/mol. The van der Waals surface area contributed by atoms with E-state index in [1.165, 1.54) is 18.4 Å². The summed E-state index contributed by atoms with van der Waals surface area (Å²) in [5, 5.41) is 8.82. The predicted molar refractivity (Wildman–Crippen MR) is 119 cm³/mol. The lowest BCUT2D eigenvalue weighted by Crippen LogP contribution is -2.22. The molecule has 2 aromatic carbocycles. The van der Waals surface area contributed by atoms with E-state index in [0.717, 1.165) is 22.2 Å². The zero-order valence-corrected chi connectivity index (χ0v) is 18.8. The van der Waals surface area contributed by atoms with Crippen molar-refractivity contribution >= 4 is 55.3 Å². The van der Waals surface area contributed by atoms with Crippen LogP contribution in [0.25, 0.3) is 22.1 Å². The molecule has 0 bridgehead atoms. The van der Waals surface area contributed by atoms with Crippen molar-refractivity contribution < 1.29 is 19.4 Å². The van der Waals surface area contributed by atoms with Crippen molar-refractivity contribution in [3.8, 4) is 11.5 Å². The Morgan fingerprint density at radius 3 is 2.67 bits per heavy atom. The molecule has 0 saturated carbocycles. The molecule has 0 aliphatic carbocycles. The van der Waals surface area contributed by atoms with E-state index in [4.69, 9.17) is 14.6 Å². The number of imidazole rings is 1. The molecule has 30 heavy (non-hydrogen) atoms. The highest BCUT2D eigenvalue weighted by molar-refractivity contribution is 9.10. The van der Waals surface area contributed by atoms with Gasteiger partial charge in [-0.3, -0.25) is 4.79 Å². The number of carbonyl (C=O) groups is 1. The average Bonchev–Trinajstić information content (AvgIpc) is 3.18. The van der Waals surface area contributed by atoms with Crippen LogP contribution in [-0.4, -0.2) is 34.2 Å². The Hall–Kier alpha value is -2.91. The summed E-state index contributed by atoms with van der Waals surface area (Å²) < 4.78 is 13.4. The van der Waals surface area contributed by atoms with Gasteiger partial charge in [0, 0.05) is 4.47 Å². The second-order valence-electron chi connectivity index (χ2n) is 6.78. The molecule has 2 heterocycles. The highest BCUT2D eigenvalue weighted by Crippen LogP contribution is 2.34. The van der Waals surface area contributed by atoms with Crippen molar-refractivity contribution in [2.24, 2.45) is 0 Å². The van der Waals surface area contributed by atoms with Crippen molar-refractivity contribution in [2.75, 3.05) is 13.7 Å². The number of halogens is 1. The van der Waals surface area contributed by atoms with Crippen molar-refractivity contribution in [1.82, 2.24) is 9.38 Å². The number of benzene rings is 2. The van der Waals surface area contributed by atoms with Gasteiger partial charge in [0.1, 0.15) is 0 Å². The first-order chi connectivity index (χ1) is 14.3. The summed E-state index contributed by atoms with van der Waals surface area (Å²) >= 11 is 4.77. The smallest absolute Gasteiger partial charge is 0.341 e. The Morgan fingerprint density at radius 2 is 1.97 bits per heavy atom. The van der Waals surface area contributed by atoms with E-state index in [0.29, 0.717) is 31.0 Å². The SMILES string of the molecule is COc1cc(C=c2sc3nc4cc(C)c(C)cc4n3c2=O)c(Br)cc1OCC(=O)O. The van der Waals surface area contributed by atoms with Gasteiger partial charge >= 0.3 is 5.97 Å². The first-order valence-electron chi connectivity index (χ1n) is 8.94. The van der Waals surface area contributed by atoms with E-state index in [1.807, 2.05) is 26.0 Å². The van der Waals surface area contributed by atoms with Gasteiger partial charge in [-0.25, -0.2) is 14.2 Å². The van der Waals surface area contributed by atoms with Gasteiger partial charge in [-0.1, -0.05) is 27.3 Å². The van der Waals surface area contributed by atoms with Crippen LogP contribution in [0.1, 0.15) is 16.7 Å². The second kappa shape index (κ2) is 7.73. The van der Waals surface area contributed by atoms with E-state index >= 15 is 0 Å². The third-order valence-electron chi connectivity index (χ3n) is 4.77. The number of nitrogens with zero attached hydrogens (tertiary/aromatic N) is 2. The molecule has 0 aliphatic rings. The molecule has 0 atom stereocenters. The molecule has 4 rings (SSSR count). The maximum absolute atomic E-state index is 13.1. The van der Waals surface area contributed by atoms with E-state index in [-0.39, 0.29) is 5.56 Å². The molecule has 0 radical (unpaired) electrons. The molecule has 2 aromatic heterocycles. The molecule has 7 nitrogen and oxygen atoms in total.